The molecule has 20 heavy (non-hydrogen) atoms. The number of benzene rings is 1. The Morgan fingerprint density at radius 3 is 2.50 bits per heavy atom. The second-order valence-electron chi connectivity index (χ2n) is 4.22. The number of hydrogen-bond acceptors (Lipinski definition) is 4. The molecule has 0 aliphatic rings. The SMILES string of the molecule is CCOCCCNC(=O)NS(=O)(=O)c1ccc(C)cc1. The molecular formula is C13H20N2O4S. The first-order valence-electron chi connectivity index (χ1n) is 6.41. The van der Waals surface area contributed by atoms with E-state index in [9.17, 15) is 13.2 Å². The third kappa shape index (κ3) is 5.58. The lowest BCUT2D eigenvalue weighted by molar-refractivity contribution is 0.145. The Morgan fingerprint density at radius 1 is 1.25 bits per heavy atom. The molecule has 0 saturated heterocycles. The minimum Gasteiger partial charge on any atom is -0.382 e. The number of ether oxygens (including phenoxy) is 1. The number of carbonyl (C=O) groups excluding carboxylic acids is 1. The van der Waals surface area contributed by atoms with Crippen LogP contribution in [0.1, 0.15) is 18.9 Å². The van der Waals surface area contributed by atoms with Crippen LogP contribution in [0.5, 0.6) is 0 Å². The topological polar surface area (TPSA) is 84.5 Å². The van der Waals surface area contributed by atoms with E-state index in [-0.39, 0.29) is 4.90 Å². The monoisotopic (exact) mass is 300 g/mol. The van der Waals surface area contributed by atoms with Crippen LogP contribution in [0.4, 0.5) is 4.79 Å². The predicted octanol–water partition coefficient (Wildman–Crippen LogP) is 1.41. The van der Waals surface area contributed by atoms with Gasteiger partial charge in [0.25, 0.3) is 10.0 Å². The molecule has 0 aliphatic carbocycles. The maximum Gasteiger partial charge on any atom is 0.328 e. The number of amides is 2. The van der Waals surface area contributed by atoms with Crippen molar-refractivity contribution in [2.45, 2.75) is 25.2 Å². The highest BCUT2D eigenvalue weighted by Crippen LogP contribution is 2.09. The van der Waals surface area contributed by atoms with Gasteiger partial charge in [0.2, 0.25) is 0 Å². The Labute approximate surface area is 119 Å². The minimum atomic E-state index is -3.82. The van der Waals surface area contributed by atoms with Crippen LogP contribution in [0, 0.1) is 6.92 Å². The molecule has 1 aromatic rings. The van der Waals surface area contributed by atoms with Gasteiger partial charge in [-0.2, -0.15) is 0 Å². The van der Waals surface area contributed by atoms with Crippen LogP contribution >= 0.6 is 0 Å². The molecule has 0 spiro atoms. The van der Waals surface area contributed by atoms with Gasteiger partial charge < -0.3 is 10.1 Å². The molecule has 0 aromatic heterocycles. The average Bonchev–Trinajstić information content (AvgIpc) is 2.38. The van der Waals surface area contributed by atoms with Crippen molar-refractivity contribution in [3.8, 4) is 0 Å². The molecule has 0 unspecified atom stereocenters. The van der Waals surface area contributed by atoms with Crippen molar-refractivity contribution >= 4 is 16.1 Å². The van der Waals surface area contributed by atoms with Crippen molar-refractivity contribution in [2.24, 2.45) is 0 Å². The van der Waals surface area contributed by atoms with Gasteiger partial charge >= 0.3 is 6.03 Å². The van der Waals surface area contributed by atoms with E-state index in [0.29, 0.717) is 26.2 Å². The third-order valence-electron chi connectivity index (χ3n) is 2.51. The highest BCUT2D eigenvalue weighted by molar-refractivity contribution is 7.90. The Morgan fingerprint density at radius 2 is 1.90 bits per heavy atom. The summed E-state index contributed by atoms with van der Waals surface area (Å²) in [4.78, 5) is 11.6. The number of rotatable bonds is 7. The van der Waals surface area contributed by atoms with Crippen LogP contribution in [0.25, 0.3) is 0 Å². The molecule has 0 fully saturated rings. The quantitative estimate of drug-likeness (QED) is 0.746. The Bertz CT molecular complexity index is 526. The zero-order valence-corrected chi connectivity index (χ0v) is 12.5. The summed E-state index contributed by atoms with van der Waals surface area (Å²) in [5.41, 5.74) is 0.948. The fraction of sp³-hybridized carbons (Fsp3) is 0.462. The van der Waals surface area contributed by atoms with Crippen molar-refractivity contribution < 1.29 is 17.9 Å². The zero-order valence-electron chi connectivity index (χ0n) is 11.7. The molecule has 0 radical (unpaired) electrons. The number of urea groups is 1. The molecule has 0 aliphatic heterocycles. The molecule has 1 rings (SSSR count). The van der Waals surface area contributed by atoms with E-state index in [4.69, 9.17) is 4.74 Å². The highest BCUT2D eigenvalue weighted by Gasteiger charge is 2.16. The average molecular weight is 300 g/mol. The van der Waals surface area contributed by atoms with E-state index in [2.05, 4.69) is 5.32 Å². The van der Waals surface area contributed by atoms with E-state index in [1.807, 2.05) is 18.6 Å². The molecule has 0 atom stereocenters. The first kappa shape index (κ1) is 16.5. The molecule has 0 heterocycles. The Kier molecular flexibility index (Phi) is 6.47. The van der Waals surface area contributed by atoms with Crippen LogP contribution in [0.15, 0.2) is 29.2 Å². The lowest BCUT2D eigenvalue weighted by atomic mass is 10.2. The molecule has 112 valence electrons. The maximum atomic E-state index is 11.9. The standard InChI is InChI=1S/C13H20N2O4S/c1-3-19-10-4-9-14-13(16)15-20(17,18)12-7-5-11(2)6-8-12/h5-8H,3-4,9-10H2,1-2H3,(H2,14,15,16). The summed E-state index contributed by atoms with van der Waals surface area (Å²) in [6.07, 6.45) is 0.631. The van der Waals surface area contributed by atoms with Gasteiger partial charge in [0.1, 0.15) is 0 Å². The number of aryl methyl sites for hydroxylation is 1. The third-order valence-corrected chi connectivity index (χ3v) is 3.86. The largest absolute Gasteiger partial charge is 0.382 e. The van der Waals surface area contributed by atoms with Gasteiger partial charge in [-0.1, -0.05) is 17.7 Å². The lowest BCUT2D eigenvalue weighted by Crippen LogP contribution is -2.39. The summed E-state index contributed by atoms with van der Waals surface area (Å²) in [6, 6.07) is 5.53. The molecule has 6 nitrogen and oxygen atoms in total. The summed E-state index contributed by atoms with van der Waals surface area (Å²) < 4.78 is 30.9. The second-order valence-corrected chi connectivity index (χ2v) is 5.91. The van der Waals surface area contributed by atoms with Crippen LogP contribution in [-0.2, 0) is 14.8 Å². The summed E-state index contributed by atoms with van der Waals surface area (Å²) in [5.74, 6) is 0. The molecule has 2 amide bonds. The van der Waals surface area contributed by atoms with Crippen LogP contribution < -0.4 is 10.0 Å². The van der Waals surface area contributed by atoms with Gasteiger partial charge in [0.05, 0.1) is 4.90 Å². The van der Waals surface area contributed by atoms with E-state index < -0.39 is 16.1 Å². The molecule has 7 heteroatoms. The lowest BCUT2D eigenvalue weighted by Gasteiger charge is -2.08. The van der Waals surface area contributed by atoms with Gasteiger partial charge in [-0.25, -0.2) is 17.9 Å². The van der Waals surface area contributed by atoms with Gasteiger partial charge in [-0.15, -0.1) is 0 Å². The van der Waals surface area contributed by atoms with Gasteiger partial charge in [0.15, 0.2) is 0 Å². The Balaban J connectivity index is 2.46. The smallest absolute Gasteiger partial charge is 0.328 e. The molecule has 0 saturated carbocycles. The van der Waals surface area contributed by atoms with Crippen LogP contribution in [-0.4, -0.2) is 34.2 Å². The van der Waals surface area contributed by atoms with Crippen molar-refractivity contribution in [2.75, 3.05) is 19.8 Å². The summed E-state index contributed by atoms with van der Waals surface area (Å²) >= 11 is 0. The van der Waals surface area contributed by atoms with Crippen molar-refractivity contribution in [1.82, 2.24) is 10.0 Å². The molecule has 1 aromatic carbocycles. The van der Waals surface area contributed by atoms with E-state index in [1.54, 1.807) is 12.1 Å². The zero-order chi connectivity index (χ0) is 15.0. The molecule has 0 bridgehead atoms. The van der Waals surface area contributed by atoms with Crippen LogP contribution in [0.3, 0.4) is 0 Å². The molecular weight excluding hydrogens is 280 g/mol. The molecule has 2 N–H and O–H groups in total. The van der Waals surface area contributed by atoms with Crippen molar-refractivity contribution in [1.29, 1.82) is 0 Å². The van der Waals surface area contributed by atoms with Crippen LogP contribution in [0.2, 0.25) is 0 Å². The number of sulfonamides is 1. The van der Waals surface area contributed by atoms with Gasteiger partial charge in [0, 0.05) is 19.8 Å². The second kappa shape index (κ2) is 7.86. The van der Waals surface area contributed by atoms with Crippen molar-refractivity contribution in [3.63, 3.8) is 0 Å². The van der Waals surface area contributed by atoms with Crippen molar-refractivity contribution in [3.05, 3.63) is 29.8 Å². The number of nitrogens with one attached hydrogen (secondary N) is 2. The van der Waals surface area contributed by atoms with Gasteiger partial charge in [-0.05, 0) is 32.4 Å². The summed E-state index contributed by atoms with van der Waals surface area (Å²) in [7, 11) is -3.82. The van der Waals surface area contributed by atoms with Gasteiger partial charge in [-0.3, -0.25) is 0 Å². The van der Waals surface area contributed by atoms with E-state index >= 15 is 0 Å². The first-order valence-corrected chi connectivity index (χ1v) is 7.89. The minimum absolute atomic E-state index is 0.0626. The normalized spacial score (nSPS) is 11.1. The summed E-state index contributed by atoms with van der Waals surface area (Å²) in [6.45, 7) is 5.24. The fourth-order valence-electron chi connectivity index (χ4n) is 1.45. The highest BCUT2D eigenvalue weighted by atomic mass is 32.2. The fourth-order valence-corrected chi connectivity index (χ4v) is 2.38. The number of hydrogen-bond donors (Lipinski definition) is 2. The Hall–Kier alpha value is -1.60. The summed E-state index contributed by atoms with van der Waals surface area (Å²) in [5, 5.41) is 2.47. The first-order chi connectivity index (χ1) is 9.45. The predicted molar refractivity (Wildman–Crippen MR) is 76.0 cm³/mol. The maximum absolute atomic E-state index is 11.9. The van der Waals surface area contributed by atoms with E-state index in [1.165, 1.54) is 12.1 Å². The number of carbonyl (C=O) groups is 1. The van der Waals surface area contributed by atoms with E-state index in [0.717, 1.165) is 5.56 Å².